The van der Waals surface area contributed by atoms with Gasteiger partial charge in [-0.05, 0) is 25.1 Å². The normalized spacial score (nSPS) is 19.0. The van der Waals surface area contributed by atoms with Crippen LogP contribution in [-0.2, 0) is 11.8 Å². The van der Waals surface area contributed by atoms with Crippen molar-refractivity contribution < 1.29 is 4.74 Å². The van der Waals surface area contributed by atoms with E-state index in [2.05, 4.69) is 16.1 Å². The lowest BCUT2D eigenvalue weighted by Crippen LogP contribution is -2.15. The number of benzene rings is 1. The molecule has 0 radical (unpaired) electrons. The van der Waals surface area contributed by atoms with Gasteiger partial charge < -0.3 is 14.6 Å². The van der Waals surface area contributed by atoms with Crippen molar-refractivity contribution in [3.05, 3.63) is 41.2 Å². The molecule has 0 spiro atoms. The predicted molar refractivity (Wildman–Crippen MR) is 69.6 cm³/mol. The molecule has 1 aromatic heterocycles. The van der Waals surface area contributed by atoms with Crippen LogP contribution in [0.15, 0.2) is 30.6 Å². The number of rotatable bonds is 1. The summed E-state index contributed by atoms with van der Waals surface area (Å²) >= 11 is 6.05. The van der Waals surface area contributed by atoms with Crippen LogP contribution in [-0.4, -0.2) is 10.8 Å². The molecule has 0 fully saturated rings. The van der Waals surface area contributed by atoms with Gasteiger partial charge in [-0.1, -0.05) is 11.6 Å². The lowest BCUT2D eigenvalue weighted by Gasteiger charge is -2.06. The third-order valence-corrected chi connectivity index (χ3v) is 3.20. The fourth-order valence-corrected chi connectivity index (χ4v) is 2.33. The largest absolute Gasteiger partial charge is 0.469 e. The SMILES string of the molecule is CC1NC=C(c2cn(C)c3ccc(Cl)cc23)O1. The first-order chi connectivity index (χ1) is 8.15. The molecular weight excluding hydrogens is 236 g/mol. The van der Waals surface area contributed by atoms with Crippen molar-refractivity contribution in [3.63, 3.8) is 0 Å². The van der Waals surface area contributed by atoms with Gasteiger partial charge >= 0.3 is 0 Å². The average Bonchev–Trinajstić information content (AvgIpc) is 2.83. The summed E-state index contributed by atoms with van der Waals surface area (Å²) in [5, 5.41) is 4.98. The first-order valence-corrected chi connectivity index (χ1v) is 5.91. The summed E-state index contributed by atoms with van der Waals surface area (Å²) in [6, 6.07) is 5.89. The molecule has 17 heavy (non-hydrogen) atoms. The van der Waals surface area contributed by atoms with Crippen molar-refractivity contribution in [1.29, 1.82) is 0 Å². The lowest BCUT2D eigenvalue weighted by molar-refractivity contribution is 0.191. The summed E-state index contributed by atoms with van der Waals surface area (Å²) in [4.78, 5) is 0. The third kappa shape index (κ3) is 1.67. The number of aryl methyl sites for hydroxylation is 1. The Morgan fingerprint density at radius 3 is 2.94 bits per heavy atom. The number of nitrogens with one attached hydrogen (secondary N) is 1. The van der Waals surface area contributed by atoms with Gasteiger partial charge in [0.15, 0.2) is 6.23 Å². The molecule has 4 heteroatoms. The topological polar surface area (TPSA) is 26.2 Å². The smallest absolute Gasteiger partial charge is 0.166 e. The van der Waals surface area contributed by atoms with Gasteiger partial charge in [0.2, 0.25) is 0 Å². The Kier molecular flexibility index (Phi) is 2.30. The van der Waals surface area contributed by atoms with E-state index in [9.17, 15) is 0 Å². The summed E-state index contributed by atoms with van der Waals surface area (Å²) in [6.45, 7) is 1.97. The van der Waals surface area contributed by atoms with Crippen molar-refractivity contribution >= 4 is 28.3 Å². The van der Waals surface area contributed by atoms with Crippen LogP contribution in [0.5, 0.6) is 0 Å². The van der Waals surface area contributed by atoms with Crippen LogP contribution in [0.25, 0.3) is 16.7 Å². The van der Waals surface area contributed by atoms with Crippen molar-refractivity contribution in [2.45, 2.75) is 13.2 Å². The van der Waals surface area contributed by atoms with Gasteiger partial charge in [0, 0.05) is 40.9 Å². The second-order valence-electron chi connectivity index (χ2n) is 4.25. The van der Waals surface area contributed by atoms with Crippen LogP contribution < -0.4 is 5.32 Å². The molecule has 0 amide bonds. The fraction of sp³-hybridized carbons (Fsp3) is 0.231. The zero-order chi connectivity index (χ0) is 12.0. The van der Waals surface area contributed by atoms with Crippen LogP contribution in [0.1, 0.15) is 12.5 Å². The number of fused-ring (bicyclic) bond motifs is 1. The molecule has 1 aliphatic rings. The minimum absolute atomic E-state index is 0.0273. The maximum atomic E-state index is 6.05. The Balaban J connectivity index is 2.20. The number of hydrogen-bond acceptors (Lipinski definition) is 2. The molecule has 0 bridgehead atoms. The second-order valence-corrected chi connectivity index (χ2v) is 4.69. The van der Waals surface area contributed by atoms with E-state index in [0.717, 1.165) is 27.2 Å². The van der Waals surface area contributed by atoms with Crippen molar-refractivity contribution in [3.8, 4) is 0 Å². The Hall–Kier alpha value is -1.61. The monoisotopic (exact) mass is 248 g/mol. The van der Waals surface area contributed by atoms with Crippen LogP contribution in [0.4, 0.5) is 0 Å². The van der Waals surface area contributed by atoms with Gasteiger partial charge in [-0.15, -0.1) is 0 Å². The molecule has 1 aromatic carbocycles. The number of halogens is 1. The van der Waals surface area contributed by atoms with Gasteiger partial charge in [-0.3, -0.25) is 0 Å². The second kappa shape index (κ2) is 3.70. The quantitative estimate of drug-likeness (QED) is 0.839. The minimum Gasteiger partial charge on any atom is -0.469 e. The van der Waals surface area contributed by atoms with E-state index in [-0.39, 0.29) is 6.23 Å². The highest BCUT2D eigenvalue weighted by molar-refractivity contribution is 6.31. The Bertz CT molecular complexity index is 615. The standard InChI is InChI=1S/C13H13ClN2O/c1-8-15-6-13(17-8)11-7-16(2)12-4-3-9(14)5-10(11)12/h3-8,15H,1-2H3. The van der Waals surface area contributed by atoms with Gasteiger partial charge in [0.05, 0.1) is 0 Å². The Morgan fingerprint density at radius 2 is 2.24 bits per heavy atom. The number of ether oxygens (including phenoxy) is 1. The van der Waals surface area contributed by atoms with Crippen molar-refractivity contribution in [2.75, 3.05) is 0 Å². The lowest BCUT2D eigenvalue weighted by atomic mass is 10.1. The number of hydrogen-bond donors (Lipinski definition) is 1. The van der Waals surface area contributed by atoms with Crippen molar-refractivity contribution in [2.24, 2.45) is 7.05 Å². The average molecular weight is 249 g/mol. The highest BCUT2D eigenvalue weighted by Crippen LogP contribution is 2.31. The first kappa shape index (κ1) is 10.5. The zero-order valence-corrected chi connectivity index (χ0v) is 10.5. The summed E-state index contributed by atoms with van der Waals surface area (Å²) < 4.78 is 7.78. The van der Waals surface area contributed by atoms with Gasteiger partial charge in [0.25, 0.3) is 0 Å². The first-order valence-electron chi connectivity index (χ1n) is 5.53. The molecule has 1 aliphatic heterocycles. The van der Waals surface area contributed by atoms with Crippen LogP contribution >= 0.6 is 11.6 Å². The summed E-state index contributed by atoms with van der Waals surface area (Å²) in [5.41, 5.74) is 2.22. The van der Waals surface area contributed by atoms with Gasteiger partial charge in [0.1, 0.15) is 5.76 Å². The molecule has 1 N–H and O–H groups in total. The molecule has 88 valence electrons. The summed E-state index contributed by atoms with van der Waals surface area (Å²) in [6.07, 6.45) is 3.99. The minimum atomic E-state index is 0.0273. The van der Waals surface area contributed by atoms with Crippen LogP contribution in [0.3, 0.4) is 0 Å². The summed E-state index contributed by atoms with van der Waals surface area (Å²) in [5.74, 6) is 0.866. The van der Waals surface area contributed by atoms with E-state index in [0.29, 0.717) is 0 Å². The zero-order valence-electron chi connectivity index (χ0n) is 9.70. The molecule has 0 saturated carbocycles. The number of aromatic nitrogens is 1. The molecule has 2 aromatic rings. The van der Waals surface area contributed by atoms with E-state index >= 15 is 0 Å². The molecular formula is C13H13ClN2O. The highest BCUT2D eigenvalue weighted by atomic mass is 35.5. The molecule has 0 aliphatic carbocycles. The van der Waals surface area contributed by atoms with E-state index < -0.39 is 0 Å². The predicted octanol–water partition coefficient (Wildman–Crippen LogP) is 3.10. The van der Waals surface area contributed by atoms with Crippen molar-refractivity contribution in [1.82, 2.24) is 9.88 Å². The maximum absolute atomic E-state index is 6.05. The fourth-order valence-electron chi connectivity index (χ4n) is 2.15. The third-order valence-electron chi connectivity index (χ3n) is 2.97. The van der Waals surface area contributed by atoms with Crippen LogP contribution in [0.2, 0.25) is 5.02 Å². The number of nitrogens with zero attached hydrogens (tertiary/aromatic N) is 1. The van der Waals surface area contributed by atoms with E-state index in [1.54, 1.807) is 0 Å². The Morgan fingerprint density at radius 1 is 1.41 bits per heavy atom. The maximum Gasteiger partial charge on any atom is 0.166 e. The summed E-state index contributed by atoms with van der Waals surface area (Å²) in [7, 11) is 2.02. The van der Waals surface area contributed by atoms with Gasteiger partial charge in [-0.25, -0.2) is 0 Å². The molecule has 1 unspecified atom stereocenters. The molecule has 1 atom stereocenters. The molecule has 3 nitrogen and oxygen atoms in total. The van der Waals surface area contributed by atoms with E-state index in [1.165, 1.54) is 0 Å². The van der Waals surface area contributed by atoms with Gasteiger partial charge in [-0.2, -0.15) is 0 Å². The molecule has 0 saturated heterocycles. The van der Waals surface area contributed by atoms with E-state index in [4.69, 9.17) is 16.3 Å². The Labute approximate surface area is 105 Å². The molecule has 2 heterocycles. The van der Waals surface area contributed by atoms with Crippen LogP contribution in [0, 0.1) is 0 Å². The van der Waals surface area contributed by atoms with E-state index in [1.807, 2.05) is 38.4 Å². The molecule has 3 rings (SSSR count). The highest BCUT2D eigenvalue weighted by Gasteiger charge is 2.18.